The third kappa shape index (κ3) is 3.12. The Morgan fingerprint density at radius 2 is 2.11 bits per heavy atom. The van der Waals surface area contributed by atoms with E-state index in [9.17, 15) is 15.2 Å². The summed E-state index contributed by atoms with van der Waals surface area (Å²) in [5.74, 6) is -0.551. The minimum atomic E-state index is -0.740. The van der Waals surface area contributed by atoms with Gasteiger partial charge in [0.05, 0.1) is 12.2 Å². The molecule has 1 aliphatic rings. The molecule has 0 radical (unpaired) electrons. The summed E-state index contributed by atoms with van der Waals surface area (Å²) in [6, 6.07) is 11.2. The Morgan fingerprint density at radius 3 is 2.63 bits per heavy atom. The molecule has 1 N–H and O–H groups in total. The van der Waals surface area contributed by atoms with Gasteiger partial charge < -0.3 is 10.0 Å². The zero-order valence-electron chi connectivity index (χ0n) is 11.0. The Hall–Kier alpha value is -1.86. The first kappa shape index (κ1) is 13.6. The number of amides is 1. The van der Waals surface area contributed by atoms with Crippen molar-refractivity contribution in [3.8, 4) is 6.07 Å². The number of aliphatic hydroxyl groups is 1. The first-order valence-electron chi connectivity index (χ1n) is 6.49. The highest BCUT2D eigenvalue weighted by Gasteiger charge is 2.31. The summed E-state index contributed by atoms with van der Waals surface area (Å²) in [4.78, 5) is 13.9. The molecule has 1 unspecified atom stereocenters. The van der Waals surface area contributed by atoms with Crippen molar-refractivity contribution in [2.75, 3.05) is 13.6 Å². The Kier molecular flexibility index (Phi) is 4.18. The Labute approximate surface area is 113 Å². The molecule has 0 saturated heterocycles. The van der Waals surface area contributed by atoms with E-state index in [1.165, 1.54) is 0 Å². The molecule has 0 heterocycles. The number of rotatable bonds is 4. The molecule has 0 aliphatic heterocycles. The molecule has 1 saturated carbocycles. The highest BCUT2D eigenvalue weighted by atomic mass is 16.3. The minimum absolute atomic E-state index is 0.171. The van der Waals surface area contributed by atoms with Crippen LogP contribution in [0.4, 0.5) is 0 Å². The van der Waals surface area contributed by atoms with E-state index in [0.29, 0.717) is 12.5 Å². The fourth-order valence-electron chi connectivity index (χ4n) is 2.47. The van der Waals surface area contributed by atoms with Crippen molar-refractivity contribution in [2.24, 2.45) is 5.92 Å². The predicted molar refractivity (Wildman–Crippen MR) is 71.2 cm³/mol. The SMILES string of the molecule is CN(CC1CC(O)C1)C(=O)C(C#N)c1ccccc1. The summed E-state index contributed by atoms with van der Waals surface area (Å²) >= 11 is 0. The number of hydrogen-bond donors (Lipinski definition) is 1. The summed E-state index contributed by atoms with van der Waals surface area (Å²) in [6.45, 7) is 0.612. The van der Waals surface area contributed by atoms with Crippen molar-refractivity contribution in [2.45, 2.75) is 24.9 Å². The topological polar surface area (TPSA) is 64.3 Å². The average molecular weight is 258 g/mol. The molecule has 0 aromatic heterocycles. The maximum Gasteiger partial charge on any atom is 0.244 e. The Morgan fingerprint density at radius 1 is 1.47 bits per heavy atom. The summed E-state index contributed by atoms with van der Waals surface area (Å²) in [5, 5.41) is 18.5. The third-order valence-electron chi connectivity index (χ3n) is 3.63. The van der Waals surface area contributed by atoms with Crippen LogP contribution in [0.2, 0.25) is 0 Å². The summed E-state index contributed by atoms with van der Waals surface area (Å²) < 4.78 is 0. The minimum Gasteiger partial charge on any atom is -0.393 e. The van der Waals surface area contributed by atoms with Crippen molar-refractivity contribution < 1.29 is 9.90 Å². The summed E-state index contributed by atoms with van der Waals surface area (Å²) in [5.41, 5.74) is 0.732. The average Bonchev–Trinajstić information content (AvgIpc) is 2.39. The fraction of sp³-hybridized carbons (Fsp3) is 0.467. The molecule has 19 heavy (non-hydrogen) atoms. The maximum absolute atomic E-state index is 12.3. The predicted octanol–water partition coefficient (Wildman–Crippen LogP) is 1.52. The number of nitriles is 1. The van der Waals surface area contributed by atoms with Crippen LogP contribution in [-0.4, -0.2) is 35.6 Å². The van der Waals surface area contributed by atoms with E-state index in [4.69, 9.17) is 0 Å². The normalized spacial score (nSPS) is 23.0. The molecule has 4 nitrogen and oxygen atoms in total. The van der Waals surface area contributed by atoms with Crippen molar-refractivity contribution >= 4 is 5.91 Å². The number of aliphatic hydroxyl groups excluding tert-OH is 1. The fourth-order valence-corrected chi connectivity index (χ4v) is 2.47. The van der Waals surface area contributed by atoms with Gasteiger partial charge in [0.15, 0.2) is 0 Å². The number of carbonyl (C=O) groups is 1. The standard InChI is InChI=1S/C15H18N2O2/c1-17(10-11-7-13(18)8-11)15(19)14(9-16)12-5-3-2-4-6-12/h2-6,11,13-14,18H,7-8,10H2,1H3. The summed E-state index contributed by atoms with van der Waals surface area (Å²) in [6.07, 6.45) is 1.29. The molecule has 1 aliphatic carbocycles. The van der Waals surface area contributed by atoms with Crippen LogP contribution in [0.25, 0.3) is 0 Å². The quantitative estimate of drug-likeness (QED) is 0.890. The smallest absolute Gasteiger partial charge is 0.244 e. The van der Waals surface area contributed by atoms with E-state index in [1.54, 1.807) is 24.1 Å². The zero-order chi connectivity index (χ0) is 13.8. The molecular weight excluding hydrogens is 240 g/mol. The lowest BCUT2D eigenvalue weighted by atomic mass is 9.82. The van der Waals surface area contributed by atoms with E-state index >= 15 is 0 Å². The third-order valence-corrected chi connectivity index (χ3v) is 3.63. The van der Waals surface area contributed by atoms with Crippen molar-refractivity contribution in [1.29, 1.82) is 5.26 Å². The molecule has 100 valence electrons. The largest absolute Gasteiger partial charge is 0.393 e. The molecule has 4 heteroatoms. The number of carbonyl (C=O) groups excluding carboxylic acids is 1. The van der Waals surface area contributed by atoms with Crippen LogP contribution in [0.5, 0.6) is 0 Å². The second-order valence-corrected chi connectivity index (χ2v) is 5.18. The van der Waals surface area contributed by atoms with E-state index in [0.717, 1.165) is 18.4 Å². The zero-order valence-corrected chi connectivity index (χ0v) is 11.0. The Bertz CT molecular complexity index is 475. The van der Waals surface area contributed by atoms with Gasteiger partial charge in [-0.15, -0.1) is 0 Å². The van der Waals surface area contributed by atoms with Gasteiger partial charge in [0.25, 0.3) is 0 Å². The second-order valence-electron chi connectivity index (χ2n) is 5.18. The highest BCUT2D eigenvalue weighted by Crippen LogP contribution is 2.28. The van der Waals surface area contributed by atoms with Crippen LogP contribution in [0.15, 0.2) is 30.3 Å². The molecule has 1 aromatic rings. The summed E-state index contributed by atoms with van der Waals surface area (Å²) in [7, 11) is 1.72. The molecule has 1 aromatic carbocycles. The van der Waals surface area contributed by atoms with E-state index < -0.39 is 5.92 Å². The lowest BCUT2D eigenvalue weighted by Gasteiger charge is -2.34. The van der Waals surface area contributed by atoms with E-state index in [2.05, 4.69) is 6.07 Å². The van der Waals surface area contributed by atoms with Crippen LogP contribution in [0.1, 0.15) is 24.3 Å². The van der Waals surface area contributed by atoms with Crippen LogP contribution < -0.4 is 0 Å². The first-order valence-corrected chi connectivity index (χ1v) is 6.49. The van der Waals surface area contributed by atoms with Crippen LogP contribution in [-0.2, 0) is 4.79 Å². The van der Waals surface area contributed by atoms with Crippen molar-refractivity contribution in [3.05, 3.63) is 35.9 Å². The number of hydrogen-bond acceptors (Lipinski definition) is 3. The van der Waals surface area contributed by atoms with Crippen LogP contribution in [0, 0.1) is 17.2 Å². The number of likely N-dealkylation sites (N-methyl/N-ethyl adjacent to an activating group) is 1. The molecule has 0 bridgehead atoms. The van der Waals surface area contributed by atoms with Gasteiger partial charge in [0, 0.05) is 13.6 Å². The van der Waals surface area contributed by atoms with Gasteiger partial charge in [0.2, 0.25) is 5.91 Å². The molecule has 2 rings (SSSR count). The van der Waals surface area contributed by atoms with Gasteiger partial charge >= 0.3 is 0 Å². The van der Waals surface area contributed by atoms with E-state index in [1.807, 2.05) is 18.2 Å². The number of nitrogens with zero attached hydrogens (tertiary/aromatic N) is 2. The van der Waals surface area contributed by atoms with Crippen LogP contribution in [0.3, 0.4) is 0 Å². The van der Waals surface area contributed by atoms with E-state index in [-0.39, 0.29) is 12.0 Å². The maximum atomic E-state index is 12.3. The second kappa shape index (κ2) is 5.85. The highest BCUT2D eigenvalue weighted by molar-refractivity contribution is 5.86. The molecule has 1 amide bonds. The lowest BCUT2D eigenvalue weighted by molar-refractivity contribution is -0.131. The molecule has 0 spiro atoms. The van der Waals surface area contributed by atoms with Gasteiger partial charge in [-0.3, -0.25) is 4.79 Å². The lowest BCUT2D eigenvalue weighted by Crippen LogP contribution is -2.41. The van der Waals surface area contributed by atoms with Crippen molar-refractivity contribution in [1.82, 2.24) is 4.90 Å². The Balaban J connectivity index is 1.99. The van der Waals surface area contributed by atoms with Gasteiger partial charge in [0.1, 0.15) is 5.92 Å². The molecule has 1 fully saturated rings. The molecule has 1 atom stereocenters. The van der Waals surface area contributed by atoms with Gasteiger partial charge in [-0.25, -0.2) is 0 Å². The van der Waals surface area contributed by atoms with Gasteiger partial charge in [-0.2, -0.15) is 5.26 Å². The first-order chi connectivity index (χ1) is 9.11. The van der Waals surface area contributed by atoms with Gasteiger partial charge in [-0.1, -0.05) is 30.3 Å². The van der Waals surface area contributed by atoms with Crippen molar-refractivity contribution in [3.63, 3.8) is 0 Å². The van der Waals surface area contributed by atoms with Gasteiger partial charge in [-0.05, 0) is 24.3 Å². The van der Waals surface area contributed by atoms with Crippen LogP contribution >= 0.6 is 0 Å². The monoisotopic (exact) mass is 258 g/mol. The number of benzene rings is 1. The molecular formula is C15H18N2O2.